The van der Waals surface area contributed by atoms with Gasteiger partial charge in [0.05, 0.1) is 5.69 Å². The lowest BCUT2D eigenvalue weighted by Crippen LogP contribution is -2.46. The van der Waals surface area contributed by atoms with Crippen molar-refractivity contribution in [2.45, 2.75) is 38.5 Å². The van der Waals surface area contributed by atoms with Gasteiger partial charge >= 0.3 is 0 Å². The molecule has 0 N–H and O–H groups in total. The maximum atomic E-state index is 13.2. The van der Waals surface area contributed by atoms with Crippen molar-refractivity contribution >= 4 is 17.6 Å². The Balaban J connectivity index is 1.51. The maximum absolute atomic E-state index is 13.2. The molecule has 0 spiro atoms. The minimum Gasteiger partial charge on any atom is -0.363 e. The van der Waals surface area contributed by atoms with Crippen LogP contribution in [0.3, 0.4) is 0 Å². The Labute approximate surface area is 189 Å². The van der Waals surface area contributed by atoms with Gasteiger partial charge in [-0.1, -0.05) is 0 Å². The molecule has 32 heavy (non-hydrogen) atoms. The van der Waals surface area contributed by atoms with Gasteiger partial charge < -0.3 is 14.7 Å². The van der Waals surface area contributed by atoms with Crippen LogP contribution >= 0.6 is 0 Å². The summed E-state index contributed by atoms with van der Waals surface area (Å²) in [6.45, 7) is 4.43. The molecule has 4 rings (SSSR count). The fourth-order valence-corrected chi connectivity index (χ4v) is 4.63. The SMILES string of the molecule is CC(=O)N1CCC(C(=O)N2CCCC(c3cc(N(C)C)nc(-c4cccnc4)n3)C2)CC1. The smallest absolute Gasteiger partial charge is 0.225 e. The van der Waals surface area contributed by atoms with E-state index in [0.29, 0.717) is 25.5 Å². The second kappa shape index (κ2) is 9.63. The van der Waals surface area contributed by atoms with Gasteiger partial charge in [0.15, 0.2) is 5.82 Å². The van der Waals surface area contributed by atoms with Crippen molar-refractivity contribution in [3.05, 3.63) is 36.3 Å². The van der Waals surface area contributed by atoms with E-state index in [9.17, 15) is 9.59 Å². The van der Waals surface area contributed by atoms with E-state index in [-0.39, 0.29) is 23.7 Å². The minimum absolute atomic E-state index is 0.0121. The average Bonchev–Trinajstić information content (AvgIpc) is 2.84. The molecule has 0 aliphatic carbocycles. The first-order valence-corrected chi connectivity index (χ1v) is 11.4. The standard InChI is InChI=1S/C24H32N6O2/c1-17(31)29-12-8-18(9-13-29)24(32)30-11-5-7-20(16-30)21-14-22(28(2)3)27-23(26-21)19-6-4-10-25-15-19/h4,6,10,14-15,18,20H,5,7-9,11-13,16H2,1-3H3. The molecule has 1 atom stereocenters. The van der Waals surface area contributed by atoms with Crippen LogP contribution in [0, 0.1) is 5.92 Å². The number of hydrogen-bond donors (Lipinski definition) is 0. The predicted molar refractivity (Wildman–Crippen MR) is 123 cm³/mol. The van der Waals surface area contributed by atoms with Crippen molar-refractivity contribution in [1.82, 2.24) is 24.8 Å². The minimum atomic E-state index is 0.0121. The topological polar surface area (TPSA) is 82.5 Å². The van der Waals surface area contributed by atoms with Crippen molar-refractivity contribution in [3.63, 3.8) is 0 Å². The monoisotopic (exact) mass is 436 g/mol. The van der Waals surface area contributed by atoms with Crippen molar-refractivity contribution < 1.29 is 9.59 Å². The molecule has 0 aromatic carbocycles. The van der Waals surface area contributed by atoms with Crippen LogP contribution in [-0.4, -0.2) is 76.8 Å². The van der Waals surface area contributed by atoms with Crippen LogP contribution in [-0.2, 0) is 9.59 Å². The van der Waals surface area contributed by atoms with Crippen LogP contribution < -0.4 is 4.90 Å². The fraction of sp³-hybridized carbons (Fsp3) is 0.542. The van der Waals surface area contributed by atoms with Crippen molar-refractivity contribution in [3.8, 4) is 11.4 Å². The van der Waals surface area contributed by atoms with Crippen molar-refractivity contribution in [2.75, 3.05) is 45.2 Å². The zero-order valence-electron chi connectivity index (χ0n) is 19.2. The molecule has 2 aromatic rings. The lowest BCUT2D eigenvalue weighted by atomic mass is 9.90. The third-order valence-electron chi connectivity index (χ3n) is 6.55. The van der Waals surface area contributed by atoms with E-state index in [1.54, 1.807) is 19.3 Å². The van der Waals surface area contributed by atoms with Gasteiger partial charge in [0.25, 0.3) is 0 Å². The van der Waals surface area contributed by atoms with Crippen LogP contribution in [0.2, 0.25) is 0 Å². The molecule has 2 amide bonds. The molecular weight excluding hydrogens is 404 g/mol. The van der Waals surface area contributed by atoms with Gasteiger partial charge in [0.1, 0.15) is 5.82 Å². The molecule has 0 saturated carbocycles. The predicted octanol–water partition coefficient (Wildman–Crippen LogP) is 2.57. The van der Waals surface area contributed by atoms with Gasteiger partial charge in [-0.2, -0.15) is 0 Å². The number of pyridine rings is 1. The summed E-state index contributed by atoms with van der Waals surface area (Å²) in [4.78, 5) is 44.5. The second-order valence-corrected chi connectivity index (χ2v) is 9.01. The zero-order chi connectivity index (χ0) is 22.7. The molecular formula is C24H32N6O2. The average molecular weight is 437 g/mol. The number of nitrogens with zero attached hydrogens (tertiary/aromatic N) is 6. The van der Waals surface area contributed by atoms with Gasteiger partial charge in [-0.15, -0.1) is 0 Å². The number of likely N-dealkylation sites (tertiary alicyclic amines) is 2. The molecule has 2 aromatic heterocycles. The van der Waals surface area contributed by atoms with Crippen LogP contribution in [0.5, 0.6) is 0 Å². The number of hydrogen-bond acceptors (Lipinski definition) is 6. The number of rotatable bonds is 4. The van der Waals surface area contributed by atoms with Crippen LogP contribution in [0.4, 0.5) is 5.82 Å². The fourth-order valence-electron chi connectivity index (χ4n) is 4.63. The van der Waals surface area contributed by atoms with Crippen LogP contribution in [0.15, 0.2) is 30.6 Å². The zero-order valence-corrected chi connectivity index (χ0v) is 19.2. The number of aromatic nitrogens is 3. The molecule has 2 fully saturated rings. The quantitative estimate of drug-likeness (QED) is 0.733. The van der Waals surface area contributed by atoms with Gasteiger partial charge in [-0.25, -0.2) is 9.97 Å². The summed E-state index contributed by atoms with van der Waals surface area (Å²) >= 11 is 0. The van der Waals surface area contributed by atoms with E-state index in [1.807, 2.05) is 47.0 Å². The highest BCUT2D eigenvalue weighted by Crippen LogP contribution is 2.31. The Morgan fingerprint density at radius 3 is 2.50 bits per heavy atom. The van der Waals surface area contributed by atoms with Gasteiger partial charge in [0.2, 0.25) is 11.8 Å². The summed E-state index contributed by atoms with van der Waals surface area (Å²) in [5.74, 6) is 2.04. The van der Waals surface area contributed by atoms with E-state index in [1.165, 1.54) is 0 Å². The molecule has 170 valence electrons. The Morgan fingerprint density at radius 2 is 1.84 bits per heavy atom. The summed E-state index contributed by atoms with van der Waals surface area (Å²) < 4.78 is 0. The summed E-state index contributed by atoms with van der Waals surface area (Å²) in [6.07, 6.45) is 7.00. The highest BCUT2D eigenvalue weighted by Gasteiger charge is 2.33. The number of anilines is 1. The second-order valence-electron chi connectivity index (χ2n) is 9.01. The first-order chi connectivity index (χ1) is 15.4. The summed E-state index contributed by atoms with van der Waals surface area (Å²) in [5.41, 5.74) is 1.87. The molecule has 2 aliphatic rings. The normalized spacial score (nSPS) is 19.7. The van der Waals surface area contributed by atoms with Gasteiger partial charge in [0, 0.05) is 83.1 Å². The van der Waals surface area contributed by atoms with Crippen molar-refractivity contribution in [1.29, 1.82) is 0 Å². The Bertz CT molecular complexity index is 956. The number of carbonyl (C=O) groups is 2. The summed E-state index contributed by atoms with van der Waals surface area (Å²) in [7, 11) is 3.95. The van der Waals surface area contributed by atoms with Crippen molar-refractivity contribution in [2.24, 2.45) is 5.92 Å². The Morgan fingerprint density at radius 1 is 1.06 bits per heavy atom. The molecule has 0 radical (unpaired) electrons. The summed E-state index contributed by atoms with van der Waals surface area (Å²) in [6, 6.07) is 5.90. The van der Waals surface area contributed by atoms with E-state index in [2.05, 4.69) is 4.98 Å². The lowest BCUT2D eigenvalue weighted by molar-refractivity contribution is -0.141. The summed E-state index contributed by atoms with van der Waals surface area (Å²) in [5, 5.41) is 0. The molecule has 8 heteroatoms. The Hall–Kier alpha value is -3.03. The highest BCUT2D eigenvalue weighted by molar-refractivity contribution is 5.80. The molecule has 2 aliphatic heterocycles. The number of piperidine rings is 2. The molecule has 2 saturated heterocycles. The van der Waals surface area contributed by atoms with E-state index in [0.717, 1.165) is 49.3 Å². The molecule has 8 nitrogen and oxygen atoms in total. The van der Waals surface area contributed by atoms with Gasteiger partial charge in [-0.05, 0) is 37.8 Å². The third-order valence-corrected chi connectivity index (χ3v) is 6.55. The van der Waals surface area contributed by atoms with E-state index in [4.69, 9.17) is 9.97 Å². The largest absolute Gasteiger partial charge is 0.363 e. The molecule has 4 heterocycles. The van der Waals surface area contributed by atoms with Crippen LogP contribution in [0.25, 0.3) is 11.4 Å². The third kappa shape index (κ3) is 4.89. The first-order valence-electron chi connectivity index (χ1n) is 11.4. The number of amides is 2. The number of carbonyl (C=O) groups excluding carboxylic acids is 2. The lowest BCUT2D eigenvalue weighted by Gasteiger charge is -2.37. The van der Waals surface area contributed by atoms with E-state index >= 15 is 0 Å². The Kier molecular flexibility index (Phi) is 6.67. The maximum Gasteiger partial charge on any atom is 0.225 e. The van der Waals surface area contributed by atoms with Gasteiger partial charge in [-0.3, -0.25) is 14.6 Å². The highest BCUT2D eigenvalue weighted by atomic mass is 16.2. The molecule has 1 unspecified atom stereocenters. The van der Waals surface area contributed by atoms with Crippen LogP contribution in [0.1, 0.15) is 44.2 Å². The first kappa shape index (κ1) is 22.2. The van der Waals surface area contributed by atoms with E-state index < -0.39 is 0 Å². The molecule has 0 bridgehead atoms.